The summed E-state index contributed by atoms with van der Waals surface area (Å²) >= 11 is 0. The predicted molar refractivity (Wildman–Crippen MR) is 102 cm³/mol. The van der Waals surface area contributed by atoms with E-state index in [0.717, 1.165) is 17.3 Å². The van der Waals surface area contributed by atoms with Crippen molar-refractivity contribution in [2.24, 2.45) is 0 Å². The second-order valence-corrected chi connectivity index (χ2v) is 6.55. The first-order valence-electron chi connectivity index (χ1n) is 8.59. The number of halogens is 2. The highest BCUT2D eigenvalue weighted by Crippen LogP contribution is 2.26. The Morgan fingerprint density at radius 3 is 2.61 bits per heavy atom. The van der Waals surface area contributed by atoms with Crippen LogP contribution in [0.4, 0.5) is 14.5 Å². The molecule has 0 saturated heterocycles. The zero-order chi connectivity index (χ0) is 19.8. The predicted octanol–water partition coefficient (Wildman–Crippen LogP) is 4.54. The lowest BCUT2D eigenvalue weighted by Crippen LogP contribution is -2.14. The minimum atomic E-state index is -0.456. The Labute approximate surface area is 159 Å². The van der Waals surface area contributed by atoms with Gasteiger partial charge in [-0.3, -0.25) is 9.20 Å². The zero-order valence-corrected chi connectivity index (χ0v) is 15.2. The van der Waals surface area contributed by atoms with E-state index in [-0.39, 0.29) is 11.7 Å². The molecule has 1 N–H and O–H groups in total. The number of carbonyl (C=O) groups excluding carboxylic acids is 1. The van der Waals surface area contributed by atoms with E-state index in [1.807, 2.05) is 19.1 Å². The monoisotopic (exact) mass is 378 g/mol. The molecule has 28 heavy (non-hydrogen) atoms. The first kappa shape index (κ1) is 17.8. The number of benzene rings is 2. The second kappa shape index (κ2) is 6.84. The number of hydrogen-bond donors (Lipinski definition) is 1. The Balaban J connectivity index is 1.67. The van der Waals surface area contributed by atoms with Crippen LogP contribution >= 0.6 is 0 Å². The van der Waals surface area contributed by atoms with E-state index in [4.69, 9.17) is 0 Å². The Hall–Kier alpha value is -3.61. The van der Waals surface area contributed by atoms with Gasteiger partial charge in [0.2, 0.25) is 5.78 Å². The van der Waals surface area contributed by atoms with Crippen molar-refractivity contribution in [3.63, 3.8) is 0 Å². The van der Waals surface area contributed by atoms with Crippen molar-refractivity contribution in [3.8, 4) is 11.3 Å². The van der Waals surface area contributed by atoms with Gasteiger partial charge in [0.25, 0.3) is 5.91 Å². The molecule has 0 fully saturated rings. The molecule has 2 aromatic heterocycles. The van der Waals surface area contributed by atoms with E-state index in [1.54, 1.807) is 19.2 Å². The topological polar surface area (TPSA) is 59.3 Å². The lowest BCUT2D eigenvalue weighted by molar-refractivity contribution is 0.102. The average molecular weight is 378 g/mol. The normalized spacial score (nSPS) is 11.0. The maximum absolute atomic E-state index is 13.3. The number of rotatable bonds is 3. The summed E-state index contributed by atoms with van der Waals surface area (Å²) in [6.07, 6.45) is 4.08. The van der Waals surface area contributed by atoms with Gasteiger partial charge >= 0.3 is 0 Å². The SMILES string of the molecule is Cc1ccc(-c2cn3cc(F)cnc3n2)cc1NC(=O)c1ccc(F)cc1C. The van der Waals surface area contributed by atoms with E-state index in [2.05, 4.69) is 15.3 Å². The van der Waals surface area contributed by atoms with Crippen molar-refractivity contribution in [1.29, 1.82) is 0 Å². The maximum atomic E-state index is 13.3. The molecule has 0 bridgehead atoms. The molecule has 4 rings (SSSR count). The standard InChI is InChI=1S/C21H16F2N4O/c1-12-3-4-14(19-11-27-10-16(23)9-24-21(27)26-19)8-18(12)25-20(28)17-6-5-15(22)7-13(17)2/h3-11H,1-2H3,(H,25,28). The van der Waals surface area contributed by atoms with Crippen molar-refractivity contribution in [3.05, 3.63) is 83.3 Å². The second-order valence-electron chi connectivity index (χ2n) is 6.55. The third-order valence-electron chi connectivity index (χ3n) is 4.49. The number of fused-ring (bicyclic) bond motifs is 1. The number of carbonyl (C=O) groups is 1. The Kier molecular flexibility index (Phi) is 4.35. The van der Waals surface area contributed by atoms with Crippen LogP contribution in [0.2, 0.25) is 0 Å². The number of imidazole rings is 1. The average Bonchev–Trinajstić information content (AvgIpc) is 3.06. The molecule has 0 saturated carbocycles. The van der Waals surface area contributed by atoms with E-state index in [9.17, 15) is 13.6 Å². The molecule has 1 amide bonds. The fraction of sp³-hybridized carbons (Fsp3) is 0.0952. The van der Waals surface area contributed by atoms with Crippen molar-refractivity contribution in [1.82, 2.24) is 14.4 Å². The number of nitrogens with zero attached hydrogens (tertiary/aromatic N) is 3. The first-order chi connectivity index (χ1) is 13.4. The molecule has 2 aromatic carbocycles. The van der Waals surface area contributed by atoms with Gasteiger partial charge in [-0.05, 0) is 49.2 Å². The minimum Gasteiger partial charge on any atom is -0.322 e. The first-order valence-corrected chi connectivity index (χ1v) is 8.59. The van der Waals surface area contributed by atoms with Crippen LogP contribution in [0.25, 0.3) is 17.0 Å². The summed E-state index contributed by atoms with van der Waals surface area (Å²) in [4.78, 5) is 21.0. The number of aromatic nitrogens is 3. The van der Waals surface area contributed by atoms with Crippen LogP contribution < -0.4 is 5.32 Å². The summed E-state index contributed by atoms with van der Waals surface area (Å²) in [6, 6.07) is 9.56. The van der Waals surface area contributed by atoms with E-state index in [0.29, 0.717) is 28.3 Å². The number of nitrogens with one attached hydrogen (secondary N) is 1. The van der Waals surface area contributed by atoms with E-state index in [1.165, 1.54) is 28.8 Å². The third-order valence-corrected chi connectivity index (χ3v) is 4.49. The molecule has 0 aliphatic rings. The molecule has 140 valence electrons. The van der Waals surface area contributed by atoms with Crippen LogP contribution in [0, 0.1) is 25.5 Å². The number of anilines is 1. The number of hydrogen-bond acceptors (Lipinski definition) is 3. The van der Waals surface area contributed by atoms with Gasteiger partial charge in [-0.2, -0.15) is 0 Å². The molecular weight excluding hydrogens is 362 g/mol. The number of aryl methyl sites for hydroxylation is 2. The number of amides is 1. The molecular formula is C21H16F2N4O. The summed E-state index contributed by atoms with van der Waals surface area (Å²) in [7, 11) is 0. The van der Waals surface area contributed by atoms with Crippen molar-refractivity contribution >= 4 is 17.4 Å². The third kappa shape index (κ3) is 3.34. The summed E-state index contributed by atoms with van der Waals surface area (Å²) in [5.74, 6) is -0.784. The van der Waals surface area contributed by atoms with Gasteiger partial charge in [0.15, 0.2) is 5.82 Å². The lowest BCUT2D eigenvalue weighted by atomic mass is 10.1. The summed E-state index contributed by atoms with van der Waals surface area (Å²) < 4.78 is 28.1. The Bertz CT molecular complexity index is 1220. The van der Waals surface area contributed by atoms with Crippen molar-refractivity contribution < 1.29 is 13.6 Å². The van der Waals surface area contributed by atoms with Crippen LogP contribution in [0.1, 0.15) is 21.5 Å². The van der Waals surface area contributed by atoms with Gasteiger partial charge in [-0.1, -0.05) is 12.1 Å². The molecule has 2 heterocycles. The van der Waals surface area contributed by atoms with Crippen LogP contribution in [0.3, 0.4) is 0 Å². The summed E-state index contributed by atoms with van der Waals surface area (Å²) in [5.41, 5.74) is 3.79. The molecule has 0 unspecified atom stereocenters. The fourth-order valence-corrected chi connectivity index (χ4v) is 2.99. The van der Waals surface area contributed by atoms with Crippen molar-refractivity contribution in [2.45, 2.75) is 13.8 Å². The summed E-state index contributed by atoms with van der Waals surface area (Å²) in [6.45, 7) is 3.56. The molecule has 7 heteroatoms. The highest BCUT2D eigenvalue weighted by atomic mass is 19.1. The quantitative estimate of drug-likeness (QED) is 0.569. The molecule has 0 aliphatic heterocycles. The van der Waals surface area contributed by atoms with E-state index >= 15 is 0 Å². The minimum absolute atomic E-state index is 0.323. The molecule has 0 radical (unpaired) electrons. The van der Waals surface area contributed by atoms with Gasteiger partial charge in [-0.25, -0.2) is 18.7 Å². The summed E-state index contributed by atoms with van der Waals surface area (Å²) in [5, 5.41) is 2.87. The van der Waals surface area contributed by atoms with Gasteiger partial charge in [-0.15, -0.1) is 0 Å². The van der Waals surface area contributed by atoms with Crippen LogP contribution in [-0.4, -0.2) is 20.3 Å². The largest absolute Gasteiger partial charge is 0.322 e. The maximum Gasteiger partial charge on any atom is 0.255 e. The Morgan fingerprint density at radius 2 is 1.82 bits per heavy atom. The van der Waals surface area contributed by atoms with Crippen molar-refractivity contribution in [2.75, 3.05) is 5.32 Å². The van der Waals surface area contributed by atoms with Gasteiger partial charge in [0.05, 0.1) is 11.9 Å². The zero-order valence-electron chi connectivity index (χ0n) is 15.2. The van der Waals surface area contributed by atoms with Gasteiger partial charge in [0.1, 0.15) is 5.82 Å². The van der Waals surface area contributed by atoms with Crippen LogP contribution in [0.15, 0.2) is 55.0 Å². The highest BCUT2D eigenvalue weighted by Gasteiger charge is 2.13. The smallest absolute Gasteiger partial charge is 0.255 e. The Morgan fingerprint density at radius 1 is 1.00 bits per heavy atom. The van der Waals surface area contributed by atoms with Crippen LogP contribution in [-0.2, 0) is 0 Å². The molecule has 5 nitrogen and oxygen atoms in total. The molecule has 0 atom stereocenters. The fourth-order valence-electron chi connectivity index (χ4n) is 2.99. The molecule has 4 aromatic rings. The van der Waals surface area contributed by atoms with E-state index < -0.39 is 5.82 Å². The molecule has 0 spiro atoms. The van der Waals surface area contributed by atoms with Gasteiger partial charge < -0.3 is 5.32 Å². The van der Waals surface area contributed by atoms with Gasteiger partial charge in [0, 0.05) is 29.2 Å². The highest BCUT2D eigenvalue weighted by molar-refractivity contribution is 6.05. The van der Waals surface area contributed by atoms with Crippen LogP contribution in [0.5, 0.6) is 0 Å². The lowest BCUT2D eigenvalue weighted by Gasteiger charge is -2.11. The molecule has 0 aliphatic carbocycles.